The van der Waals surface area contributed by atoms with E-state index in [1.54, 1.807) is 0 Å². The molecule has 0 bridgehead atoms. The van der Waals surface area contributed by atoms with E-state index < -0.39 is 5.97 Å². The lowest BCUT2D eigenvalue weighted by Crippen LogP contribution is -2.34. The van der Waals surface area contributed by atoms with Crippen LogP contribution in [0.4, 0.5) is 0 Å². The van der Waals surface area contributed by atoms with Gasteiger partial charge in [0.05, 0.1) is 12.3 Å². The fraction of sp³-hybridized carbons (Fsp3) is 0.429. The number of hydrogen-bond acceptors (Lipinski definition) is 2. The molecule has 102 valence electrons. The number of benzene rings is 1. The highest BCUT2D eigenvalue weighted by molar-refractivity contribution is 9.10. The first kappa shape index (κ1) is 14.1. The maximum absolute atomic E-state index is 11.9. The normalized spacial score (nSPS) is 22.2. The Morgan fingerprint density at radius 3 is 2.68 bits per heavy atom. The number of carbonyl (C=O) groups is 2. The molecule has 1 aliphatic rings. The SMILES string of the molecule is O=C(Cc1ccccc1Br)NC1CCC(C(=O)O)C1. The highest BCUT2D eigenvalue weighted by atomic mass is 79.9. The van der Waals surface area contributed by atoms with Gasteiger partial charge in [-0.05, 0) is 30.9 Å². The summed E-state index contributed by atoms with van der Waals surface area (Å²) in [6.45, 7) is 0. The van der Waals surface area contributed by atoms with Crippen LogP contribution in [0.1, 0.15) is 24.8 Å². The molecule has 0 radical (unpaired) electrons. The van der Waals surface area contributed by atoms with Gasteiger partial charge in [0.2, 0.25) is 5.91 Å². The minimum atomic E-state index is -0.762. The summed E-state index contributed by atoms with van der Waals surface area (Å²) in [5, 5.41) is 11.8. The summed E-state index contributed by atoms with van der Waals surface area (Å²) >= 11 is 3.41. The van der Waals surface area contributed by atoms with Crippen molar-refractivity contribution in [1.82, 2.24) is 5.32 Å². The maximum Gasteiger partial charge on any atom is 0.306 e. The van der Waals surface area contributed by atoms with Crippen molar-refractivity contribution in [3.63, 3.8) is 0 Å². The molecule has 0 spiro atoms. The highest BCUT2D eigenvalue weighted by Crippen LogP contribution is 2.25. The van der Waals surface area contributed by atoms with Gasteiger partial charge in [-0.25, -0.2) is 0 Å². The second-order valence-electron chi connectivity index (χ2n) is 4.88. The molecule has 19 heavy (non-hydrogen) atoms. The predicted octanol–water partition coefficient (Wildman–Crippen LogP) is 2.36. The monoisotopic (exact) mass is 325 g/mol. The molecule has 1 aromatic rings. The van der Waals surface area contributed by atoms with E-state index in [9.17, 15) is 9.59 Å². The van der Waals surface area contributed by atoms with Gasteiger partial charge < -0.3 is 10.4 Å². The van der Waals surface area contributed by atoms with Gasteiger partial charge in [0.15, 0.2) is 0 Å². The van der Waals surface area contributed by atoms with Crippen LogP contribution in [0.25, 0.3) is 0 Å². The van der Waals surface area contributed by atoms with Crippen molar-refractivity contribution < 1.29 is 14.7 Å². The lowest BCUT2D eigenvalue weighted by atomic mass is 10.1. The zero-order chi connectivity index (χ0) is 13.8. The molecule has 1 amide bonds. The van der Waals surface area contributed by atoms with Crippen molar-refractivity contribution in [2.45, 2.75) is 31.7 Å². The summed E-state index contributed by atoms with van der Waals surface area (Å²) in [6, 6.07) is 7.59. The molecular weight excluding hydrogens is 310 g/mol. The maximum atomic E-state index is 11.9. The number of nitrogens with one attached hydrogen (secondary N) is 1. The molecule has 1 aromatic carbocycles. The van der Waals surface area contributed by atoms with E-state index >= 15 is 0 Å². The van der Waals surface area contributed by atoms with E-state index in [1.165, 1.54) is 0 Å². The average Bonchev–Trinajstić information content (AvgIpc) is 2.80. The largest absolute Gasteiger partial charge is 0.481 e. The molecule has 0 heterocycles. The molecule has 1 aliphatic carbocycles. The molecule has 0 aliphatic heterocycles. The van der Waals surface area contributed by atoms with Gasteiger partial charge in [-0.15, -0.1) is 0 Å². The first-order valence-corrected chi connectivity index (χ1v) is 7.11. The minimum Gasteiger partial charge on any atom is -0.481 e. The Morgan fingerprint density at radius 2 is 2.05 bits per heavy atom. The first-order chi connectivity index (χ1) is 9.06. The highest BCUT2D eigenvalue weighted by Gasteiger charge is 2.30. The van der Waals surface area contributed by atoms with E-state index in [0.29, 0.717) is 19.3 Å². The van der Waals surface area contributed by atoms with Crippen molar-refractivity contribution in [2.75, 3.05) is 0 Å². The number of rotatable bonds is 4. The average molecular weight is 326 g/mol. The number of hydrogen-bond donors (Lipinski definition) is 2. The van der Waals surface area contributed by atoms with Gasteiger partial charge >= 0.3 is 5.97 Å². The van der Waals surface area contributed by atoms with Crippen molar-refractivity contribution >= 4 is 27.8 Å². The van der Waals surface area contributed by atoms with Crippen molar-refractivity contribution in [3.05, 3.63) is 34.3 Å². The standard InChI is InChI=1S/C14H16BrNO3/c15-12-4-2-1-3-9(12)8-13(17)16-11-6-5-10(7-11)14(18)19/h1-4,10-11H,5-8H2,(H,16,17)(H,18,19). The van der Waals surface area contributed by atoms with E-state index in [4.69, 9.17) is 5.11 Å². The van der Waals surface area contributed by atoms with E-state index in [0.717, 1.165) is 16.5 Å². The number of carboxylic acids is 1. The van der Waals surface area contributed by atoms with Gasteiger partial charge in [-0.2, -0.15) is 0 Å². The Labute approximate surface area is 120 Å². The Balaban J connectivity index is 1.86. The fourth-order valence-electron chi connectivity index (χ4n) is 2.43. The zero-order valence-electron chi connectivity index (χ0n) is 10.4. The lowest BCUT2D eigenvalue weighted by molar-refractivity contribution is -0.141. The Morgan fingerprint density at radius 1 is 1.32 bits per heavy atom. The first-order valence-electron chi connectivity index (χ1n) is 6.32. The smallest absolute Gasteiger partial charge is 0.306 e. The number of carboxylic acid groups (broad SMARTS) is 1. The van der Waals surface area contributed by atoms with Crippen LogP contribution >= 0.6 is 15.9 Å². The Kier molecular flexibility index (Phi) is 4.58. The molecule has 4 nitrogen and oxygen atoms in total. The molecule has 2 N–H and O–H groups in total. The molecular formula is C14H16BrNO3. The predicted molar refractivity (Wildman–Crippen MR) is 74.8 cm³/mol. The summed E-state index contributed by atoms with van der Waals surface area (Å²) in [4.78, 5) is 22.8. The van der Waals surface area contributed by atoms with Crippen molar-refractivity contribution in [1.29, 1.82) is 0 Å². The Bertz CT molecular complexity index is 489. The number of amides is 1. The van der Waals surface area contributed by atoms with E-state index in [1.807, 2.05) is 24.3 Å². The van der Waals surface area contributed by atoms with Crippen LogP contribution in [0.3, 0.4) is 0 Å². The molecule has 1 fully saturated rings. The van der Waals surface area contributed by atoms with Gasteiger partial charge in [-0.3, -0.25) is 9.59 Å². The quantitative estimate of drug-likeness (QED) is 0.893. The van der Waals surface area contributed by atoms with Crippen molar-refractivity contribution in [3.8, 4) is 0 Å². The zero-order valence-corrected chi connectivity index (χ0v) is 12.0. The molecule has 5 heteroatoms. The van der Waals surface area contributed by atoms with Crippen LogP contribution in [0.15, 0.2) is 28.7 Å². The second kappa shape index (κ2) is 6.19. The molecule has 2 rings (SSSR count). The van der Waals surface area contributed by atoms with Crippen LogP contribution in [0.5, 0.6) is 0 Å². The van der Waals surface area contributed by atoms with Crippen LogP contribution in [-0.2, 0) is 16.0 Å². The topological polar surface area (TPSA) is 66.4 Å². The van der Waals surface area contributed by atoms with Crippen LogP contribution in [0, 0.1) is 5.92 Å². The summed E-state index contributed by atoms with van der Waals surface area (Å²) in [5.41, 5.74) is 0.938. The van der Waals surface area contributed by atoms with Crippen molar-refractivity contribution in [2.24, 2.45) is 5.92 Å². The van der Waals surface area contributed by atoms with Gasteiger partial charge in [0, 0.05) is 10.5 Å². The third kappa shape index (κ3) is 3.80. The molecule has 0 aromatic heterocycles. The Hall–Kier alpha value is -1.36. The van der Waals surface area contributed by atoms with E-state index in [2.05, 4.69) is 21.2 Å². The number of halogens is 1. The summed E-state index contributed by atoms with van der Waals surface area (Å²) in [5.74, 6) is -1.13. The molecule has 1 saturated carbocycles. The van der Waals surface area contributed by atoms with Gasteiger partial charge in [0.1, 0.15) is 0 Å². The van der Waals surface area contributed by atoms with Crippen LogP contribution in [0.2, 0.25) is 0 Å². The number of carbonyl (C=O) groups excluding carboxylic acids is 1. The van der Waals surface area contributed by atoms with Gasteiger partial charge in [0.25, 0.3) is 0 Å². The molecule has 0 saturated heterocycles. The van der Waals surface area contributed by atoms with Gasteiger partial charge in [-0.1, -0.05) is 34.1 Å². The van der Waals surface area contributed by atoms with Crippen LogP contribution in [-0.4, -0.2) is 23.0 Å². The minimum absolute atomic E-state index is 0.00362. The second-order valence-corrected chi connectivity index (χ2v) is 5.74. The third-order valence-electron chi connectivity index (χ3n) is 3.46. The molecule has 2 unspecified atom stereocenters. The van der Waals surface area contributed by atoms with Crippen LogP contribution < -0.4 is 5.32 Å². The third-order valence-corrected chi connectivity index (χ3v) is 4.23. The number of aliphatic carboxylic acids is 1. The summed E-state index contributed by atoms with van der Waals surface area (Å²) in [6.07, 6.45) is 2.25. The fourth-order valence-corrected chi connectivity index (χ4v) is 2.86. The molecule has 2 atom stereocenters. The lowest BCUT2D eigenvalue weighted by Gasteiger charge is -2.13. The van der Waals surface area contributed by atoms with E-state index in [-0.39, 0.29) is 17.9 Å². The summed E-state index contributed by atoms with van der Waals surface area (Å²) in [7, 11) is 0. The summed E-state index contributed by atoms with van der Waals surface area (Å²) < 4.78 is 0.917.